The van der Waals surface area contributed by atoms with Crippen LogP contribution < -0.4 is 5.32 Å². The Labute approximate surface area is 160 Å². The summed E-state index contributed by atoms with van der Waals surface area (Å²) in [5.41, 5.74) is 4.15. The van der Waals surface area contributed by atoms with Gasteiger partial charge in [0, 0.05) is 14.5 Å². The Hall–Kier alpha value is -0.880. The first-order chi connectivity index (χ1) is 10.8. The van der Waals surface area contributed by atoms with E-state index in [0.29, 0.717) is 27.1 Å². The molecule has 118 valence electrons. The maximum absolute atomic E-state index is 12.3. The molecule has 7 heteroatoms. The van der Waals surface area contributed by atoms with Crippen molar-refractivity contribution in [3.8, 4) is 0 Å². The van der Waals surface area contributed by atoms with E-state index in [1.807, 2.05) is 19.9 Å². The number of carbonyl (C=O) groups excluding carboxylic acids is 1. The number of rotatable bonds is 1. The van der Waals surface area contributed by atoms with E-state index in [9.17, 15) is 4.79 Å². The SMILES string of the molecule is Cc1cc(Br)c(Cl)cc1N=C1C(=O)Nc2c1cc(Br)c(Cl)c2C. The van der Waals surface area contributed by atoms with Crippen molar-refractivity contribution in [2.45, 2.75) is 13.8 Å². The lowest BCUT2D eigenvalue weighted by Gasteiger charge is -2.08. The molecule has 1 N–H and O–H groups in total. The van der Waals surface area contributed by atoms with Gasteiger partial charge in [-0.3, -0.25) is 4.79 Å². The fourth-order valence-electron chi connectivity index (χ4n) is 2.38. The predicted molar refractivity (Wildman–Crippen MR) is 103 cm³/mol. The minimum Gasteiger partial charge on any atom is -0.320 e. The summed E-state index contributed by atoms with van der Waals surface area (Å²) in [6, 6.07) is 5.41. The van der Waals surface area contributed by atoms with Crippen LogP contribution >= 0.6 is 55.1 Å². The third kappa shape index (κ3) is 2.95. The Morgan fingerprint density at radius 2 is 1.78 bits per heavy atom. The molecule has 2 aromatic rings. The van der Waals surface area contributed by atoms with Crippen molar-refractivity contribution in [2.75, 3.05) is 5.32 Å². The van der Waals surface area contributed by atoms with E-state index in [1.54, 1.807) is 12.1 Å². The van der Waals surface area contributed by atoms with Crippen LogP contribution in [0.4, 0.5) is 11.4 Å². The van der Waals surface area contributed by atoms with Gasteiger partial charge in [0.1, 0.15) is 5.71 Å². The molecule has 1 aliphatic heterocycles. The van der Waals surface area contributed by atoms with Gasteiger partial charge in [0.05, 0.1) is 21.4 Å². The number of benzene rings is 2. The van der Waals surface area contributed by atoms with Crippen LogP contribution in [-0.2, 0) is 4.79 Å². The largest absolute Gasteiger partial charge is 0.320 e. The van der Waals surface area contributed by atoms with Crippen LogP contribution in [0, 0.1) is 13.8 Å². The second-order valence-corrected chi connectivity index (χ2v) is 7.68. The van der Waals surface area contributed by atoms with Crippen LogP contribution in [0.2, 0.25) is 10.0 Å². The molecular weight excluding hydrogens is 467 g/mol. The average molecular weight is 477 g/mol. The number of aryl methyl sites for hydroxylation is 1. The number of hydrogen-bond acceptors (Lipinski definition) is 2. The number of carbonyl (C=O) groups is 1. The minimum atomic E-state index is -0.254. The molecule has 0 radical (unpaired) electrons. The van der Waals surface area contributed by atoms with E-state index in [2.05, 4.69) is 42.2 Å². The van der Waals surface area contributed by atoms with Crippen molar-refractivity contribution in [3.63, 3.8) is 0 Å². The second kappa shape index (κ2) is 6.20. The van der Waals surface area contributed by atoms with Gasteiger partial charge >= 0.3 is 0 Å². The lowest BCUT2D eigenvalue weighted by atomic mass is 10.1. The van der Waals surface area contributed by atoms with Gasteiger partial charge < -0.3 is 5.32 Å². The molecule has 3 rings (SSSR count). The maximum atomic E-state index is 12.3. The molecular formula is C16H10Br2Cl2N2O. The van der Waals surface area contributed by atoms with Crippen molar-refractivity contribution in [2.24, 2.45) is 4.99 Å². The Bertz CT molecular complexity index is 894. The van der Waals surface area contributed by atoms with E-state index in [1.165, 1.54) is 0 Å². The summed E-state index contributed by atoms with van der Waals surface area (Å²) in [7, 11) is 0. The first-order valence-electron chi connectivity index (χ1n) is 6.64. The number of hydrogen-bond donors (Lipinski definition) is 1. The van der Waals surface area contributed by atoms with E-state index in [0.717, 1.165) is 25.6 Å². The zero-order valence-electron chi connectivity index (χ0n) is 12.1. The highest BCUT2D eigenvalue weighted by Gasteiger charge is 2.29. The summed E-state index contributed by atoms with van der Waals surface area (Å²) in [6.45, 7) is 3.77. The Balaban J connectivity index is 2.20. The van der Waals surface area contributed by atoms with Crippen LogP contribution in [0.3, 0.4) is 0 Å². The zero-order chi connectivity index (χ0) is 16.9. The summed E-state index contributed by atoms with van der Waals surface area (Å²) in [4.78, 5) is 16.9. The van der Waals surface area contributed by atoms with Gasteiger partial charge in [-0.05, 0) is 75.0 Å². The molecule has 0 bridgehead atoms. The van der Waals surface area contributed by atoms with Gasteiger partial charge in [-0.2, -0.15) is 0 Å². The number of fused-ring (bicyclic) bond motifs is 1. The van der Waals surface area contributed by atoms with Crippen LogP contribution in [-0.4, -0.2) is 11.6 Å². The Morgan fingerprint density at radius 1 is 1.09 bits per heavy atom. The highest BCUT2D eigenvalue weighted by atomic mass is 79.9. The third-order valence-corrected chi connectivity index (χ3v) is 6.17. The average Bonchev–Trinajstić information content (AvgIpc) is 2.79. The normalized spacial score (nSPS) is 15.0. The molecule has 23 heavy (non-hydrogen) atoms. The van der Waals surface area contributed by atoms with Gasteiger partial charge in [-0.1, -0.05) is 23.2 Å². The second-order valence-electron chi connectivity index (χ2n) is 5.19. The fraction of sp³-hybridized carbons (Fsp3) is 0.125. The van der Waals surface area contributed by atoms with Crippen molar-refractivity contribution in [3.05, 3.63) is 53.9 Å². The van der Waals surface area contributed by atoms with Crippen molar-refractivity contribution < 1.29 is 4.79 Å². The molecule has 0 saturated carbocycles. The standard InChI is InChI=1S/C16H10Br2Cl2N2O/c1-6-3-9(17)11(19)5-12(6)21-15-8-4-10(18)13(20)7(2)14(8)22-16(15)23/h3-5H,1-2H3,(H,21,22,23). The summed E-state index contributed by atoms with van der Waals surface area (Å²) >= 11 is 19.1. The quantitative estimate of drug-likeness (QED) is 0.522. The number of nitrogens with one attached hydrogen (secondary N) is 1. The molecule has 0 fully saturated rings. The molecule has 0 unspecified atom stereocenters. The van der Waals surface area contributed by atoms with E-state index in [4.69, 9.17) is 23.2 Å². The highest BCUT2D eigenvalue weighted by Crippen LogP contribution is 2.39. The molecule has 1 heterocycles. The smallest absolute Gasteiger partial charge is 0.275 e. The van der Waals surface area contributed by atoms with Crippen molar-refractivity contribution in [1.82, 2.24) is 0 Å². The van der Waals surface area contributed by atoms with E-state index < -0.39 is 0 Å². The monoisotopic (exact) mass is 474 g/mol. The molecule has 0 saturated heterocycles. The van der Waals surface area contributed by atoms with Crippen LogP contribution in [0.1, 0.15) is 16.7 Å². The molecule has 2 aromatic carbocycles. The number of halogens is 4. The molecule has 0 spiro atoms. The van der Waals surface area contributed by atoms with E-state index in [-0.39, 0.29) is 5.91 Å². The lowest BCUT2D eigenvalue weighted by Crippen LogP contribution is -2.14. The number of anilines is 1. The Kier molecular flexibility index (Phi) is 4.58. The van der Waals surface area contributed by atoms with Gasteiger partial charge in [-0.25, -0.2) is 4.99 Å². The van der Waals surface area contributed by atoms with Gasteiger partial charge in [-0.15, -0.1) is 0 Å². The van der Waals surface area contributed by atoms with Crippen LogP contribution in [0.15, 0.2) is 32.1 Å². The summed E-state index contributed by atoms with van der Waals surface area (Å²) in [5, 5.41) is 3.95. The molecule has 0 aliphatic carbocycles. The molecule has 3 nitrogen and oxygen atoms in total. The summed E-state index contributed by atoms with van der Waals surface area (Å²) < 4.78 is 1.52. The third-order valence-electron chi connectivity index (χ3n) is 3.63. The number of amides is 1. The fourth-order valence-corrected chi connectivity index (χ4v) is 3.67. The van der Waals surface area contributed by atoms with Crippen LogP contribution in [0.5, 0.6) is 0 Å². The molecule has 1 aliphatic rings. The van der Waals surface area contributed by atoms with E-state index >= 15 is 0 Å². The predicted octanol–water partition coefficient (Wildman–Crippen LogP) is 6.21. The lowest BCUT2D eigenvalue weighted by molar-refractivity contribution is -0.110. The number of aliphatic imine (C=N–C) groups is 1. The van der Waals surface area contributed by atoms with Crippen molar-refractivity contribution >= 4 is 78.1 Å². The van der Waals surface area contributed by atoms with Gasteiger partial charge in [0.2, 0.25) is 0 Å². The van der Waals surface area contributed by atoms with Gasteiger partial charge in [0.25, 0.3) is 5.91 Å². The minimum absolute atomic E-state index is 0.254. The topological polar surface area (TPSA) is 41.5 Å². The summed E-state index contributed by atoms with van der Waals surface area (Å²) in [6.07, 6.45) is 0. The summed E-state index contributed by atoms with van der Waals surface area (Å²) in [5.74, 6) is -0.254. The Morgan fingerprint density at radius 3 is 2.48 bits per heavy atom. The first kappa shape index (κ1) is 17.0. The molecule has 1 amide bonds. The highest BCUT2D eigenvalue weighted by molar-refractivity contribution is 9.10. The maximum Gasteiger partial charge on any atom is 0.275 e. The zero-order valence-corrected chi connectivity index (χ0v) is 16.8. The van der Waals surface area contributed by atoms with Crippen molar-refractivity contribution in [1.29, 1.82) is 0 Å². The molecule has 0 atom stereocenters. The number of nitrogens with zero attached hydrogens (tertiary/aromatic N) is 1. The van der Waals surface area contributed by atoms with Gasteiger partial charge in [0.15, 0.2) is 0 Å². The molecule has 0 aromatic heterocycles. The first-order valence-corrected chi connectivity index (χ1v) is 8.98. The van der Waals surface area contributed by atoms with Crippen LogP contribution in [0.25, 0.3) is 0 Å².